The predicted molar refractivity (Wildman–Crippen MR) is 85.4 cm³/mol. The van der Waals surface area contributed by atoms with Gasteiger partial charge in [-0.1, -0.05) is 26.8 Å². The van der Waals surface area contributed by atoms with Gasteiger partial charge < -0.3 is 9.47 Å². The van der Waals surface area contributed by atoms with Gasteiger partial charge in [0.2, 0.25) is 0 Å². The van der Waals surface area contributed by atoms with Crippen LogP contribution >= 0.6 is 0 Å². The van der Waals surface area contributed by atoms with Gasteiger partial charge in [-0.2, -0.15) is 17.0 Å². The molecule has 0 radical (unpaired) electrons. The zero-order chi connectivity index (χ0) is 16.2. The van der Waals surface area contributed by atoms with E-state index < -0.39 is 10.2 Å². The molecule has 1 aromatic rings. The number of nitrogens with zero attached hydrogens (tertiary/aromatic N) is 2. The first-order chi connectivity index (χ1) is 10.5. The lowest BCUT2D eigenvalue weighted by Crippen LogP contribution is -2.43. The van der Waals surface area contributed by atoms with Crippen LogP contribution in [0.15, 0.2) is 18.2 Å². The number of fused-ring (bicyclic) bond motifs is 1. The second-order valence-electron chi connectivity index (χ2n) is 5.00. The van der Waals surface area contributed by atoms with E-state index in [2.05, 4.69) is 0 Å². The normalized spacial score (nSPS) is 14.6. The van der Waals surface area contributed by atoms with Crippen LogP contribution in [0.2, 0.25) is 0 Å². The Morgan fingerprint density at radius 2 is 1.55 bits per heavy atom. The summed E-state index contributed by atoms with van der Waals surface area (Å²) >= 11 is 0. The zero-order valence-corrected chi connectivity index (χ0v) is 14.2. The average molecular weight is 328 g/mol. The van der Waals surface area contributed by atoms with E-state index in [1.165, 1.54) is 8.61 Å². The summed E-state index contributed by atoms with van der Waals surface area (Å²) in [6, 6.07) is 5.57. The van der Waals surface area contributed by atoms with Crippen LogP contribution in [0.1, 0.15) is 26.3 Å². The van der Waals surface area contributed by atoms with Crippen molar-refractivity contribution in [3.8, 4) is 11.5 Å². The van der Waals surface area contributed by atoms with Crippen LogP contribution in [0, 0.1) is 0 Å². The maximum Gasteiger partial charge on any atom is 0.282 e. The summed E-state index contributed by atoms with van der Waals surface area (Å²) < 4.78 is 39.2. The minimum atomic E-state index is -3.44. The minimum absolute atomic E-state index is 0.325. The van der Waals surface area contributed by atoms with Crippen LogP contribution in [0.3, 0.4) is 0 Å². The molecule has 22 heavy (non-hydrogen) atoms. The number of rotatable bonds is 7. The molecule has 0 aromatic heterocycles. The van der Waals surface area contributed by atoms with Crippen LogP contribution in [0.4, 0.5) is 0 Å². The van der Waals surface area contributed by atoms with E-state index >= 15 is 0 Å². The molecule has 0 atom stereocenters. The first kappa shape index (κ1) is 17.1. The van der Waals surface area contributed by atoms with Gasteiger partial charge in [-0.25, -0.2) is 0 Å². The van der Waals surface area contributed by atoms with Crippen molar-refractivity contribution >= 4 is 10.2 Å². The fourth-order valence-corrected chi connectivity index (χ4v) is 4.08. The van der Waals surface area contributed by atoms with Crippen LogP contribution in [-0.2, 0) is 16.8 Å². The lowest BCUT2D eigenvalue weighted by Gasteiger charge is -2.28. The third-order valence-electron chi connectivity index (χ3n) is 3.68. The summed E-state index contributed by atoms with van der Waals surface area (Å²) in [4.78, 5) is 0. The molecule has 0 spiro atoms. The molecule has 0 unspecified atom stereocenters. The number of ether oxygens (including phenoxy) is 2. The Kier molecular flexibility index (Phi) is 5.66. The van der Waals surface area contributed by atoms with Gasteiger partial charge in [-0.3, -0.25) is 0 Å². The molecule has 1 aliphatic heterocycles. The van der Waals surface area contributed by atoms with Crippen molar-refractivity contribution in [3.63, 3.8) is 0 Å². The largest absolute Gasteiger partial charge is 0.486 e. The highest BCUT2D eigenvalue weighted by Crippen LogP contribution is 2.31. The van der Waals surface area contributed by atoms with Crippen molar-refractivity contribution in [2.75, 3.05) is 32.8 Å². The molecular formula is C15H24N2O4S. The SMILES string of the molecule is CCN(CC)S(=O)(=O)N(CC)Cc1ccc2c(c1)OCCO2. The fraction of sp³-hybridized carbons (Fsp3) is 0.600. The number of hydrogen-bond donors (Lipinski definition) is 0. The van der Waals surface area contributed by atoms with E-state index in [9.17, 15) is 8.42 Å². The Balaban J connectivity index is 2.20. The van der Waals surface area contributed by atoms with E-state index in [0.29, 0.717) is 50.9 Å². The van der Waals surface area contributed by atoms with Gasteiger partial charge in [0, 0.05) is 26.2 Å². The van der Waals surface area contributed by atoms with Gasteiger partial charge in [-0.05, 0) is 17.7 Å². The van der Waals surface area contributed by atoms with Crippen LogP contribution < -0.4 is 9.47 Å². The van der Waals surface area contributed by atoms with Crippen molar-refractivity contribution < 1.29 is 17.9 Å². The predicted octanol–water partition coefficient (Wildman–Crippen LogP) is 1.87. The highest BCUT2D eigenvalue weighted by Gasteiger charge is 2.26. The molecule has 7 heteroatoms. The van der Waals surface area contributed by atoms with Crippen LogP contribution in [-0.4, -0.2) is 49.9 Å². The first-order valence-corrected chi connectivity index (χ1v) is 9.06. The minimum Gasteiger partial charge on any atom is -0.486 e. The highest BCUT2D eigenvalue weighted by atomic mass is 32.2. The van der Waals surface area contributed by atoms with E-state index in [4.69, 9.17) is 9.47 Å². The molecule has 124 valence electrons. The Hall–Kier alpha value is -1.31. The molecule has 2 rings (SSSR count). The van der Waals surface area contributed by atoms with Crippen molar-refractivity contribution in [1.82, 2.24) is 8.61 Å². The van der Waals surface area contributed by atoms with Gasteiger partial charge in [0.15, 0.2) is 11.5 Å². The maximum absolute atomic E-state index is 12.6. The molecule has 1 aromatic carbocycles. The van der Waals surface area contributed by atoms with Gasteiger partial charge in [0.25, 0.3) is 10.2 Å². The van der Waals surface area contributed by atoms with Crippen LogP contribution in [0.25, 0.3) is 0 Å². The Morgan fingerprint density at radius 1 is 0.955 bits per heavy atom. The van der Waals surface area contributed by atoms with Gasteiger partial charge in [-0.15, -0.1) is 0 Å². The molecule has 0 N–H and O–H groups in total. The molecule has 1 heterocycles. The number of benzene rings is 1. The lowest BCUT2D eigenvalue weighted by molar-refractivity contribution is 0.171. The average Bonchev–Trinajstić information content (AvgIpc) is 2.53. The molecule has 0 bridgehead atoms. The Labute approximate surface area is 132 Å². The van der Waals surface area contributed by atoms with E-state index in [0.717, 1.165) is 5.56 Å². The molecule has 6 nitrogen and oxygen atoms in total. The fourth-order valence-electron chi connectivity index (χ4n) is 2.46. The van der Waals surface area contributed by atoms with Gasteiger partial charge in [0.05, 0.1) is 0 Å². The summed E-state index contributed by atoms with van der Waals surface area (Å²) in [5.74, 6) is 1.39. The monoisotopic (exact) mass is 328 g/mol. The molecule has 0 saturated heterocycles. The highest BCUT2D eigenvalue weighted by molar-refractivity contribution is 7.86. The number of hydrogen-bond acceptors (Lipinski definition) is 4. The van der Waals surface area contributed by atoms with Gasteiger partial charge in [0.1, 0.15) is 13.2 Å². The molecule has 0 aliphatic carbocycles. The first-order valence-electron chi connectivity index (χ1n) is 7.66. The van der Waals surface area contributed by atoms with Crippen molar-refractivity contribution in [3.05, 3.63) is 23.8 Å². The Morgan fingerprint density at radius 3 is 2.14 bits per heavy atom. The van der Waals surface area contributed by atoms with Gasteiger partial charge >= 0.3 is 0 Å². The molecule has 0 amide bonds. The quantitative estimate of drug-likeness (QED) is 0.767. The third-order valence-corrected chi connectivity index (χ3v) is 5.89. The second kappa shape index (κ2) is 7.30. The molecular weight excluding hydrogens is 304 g/mol. The summed E-state index contributed by atoms with van der Waals surface area (Å²) in [6.07, 6.45) is 0. The lowest BCUT2D eigenvalue weighted by atomic mass is 10.2. The standard InChI is InChI=1S/C15H24N2O4S/c1-4-16(5-2)22(18,19)17(6-3)12-13-7-8-14-15(11-13)21-10-9-20-14/h7-8,11H,4-6,9-10,12H2,1-3H3. The van der Waals surface area contributed by atoms with Crippen molar-refractivity contribution in [2.45, 2.75) is 27.3 Å². The van der Waals surface area contributed by atoms with E-state index in [-0.39, 0.29) is 0 Å². The molecule has 0 fully saturated rings. The summed E-state index contributed by atoms with van der Waals surface area (Å²) in [6.45, 7) is 8.29. The smallest absolute Gasteiger partial charge is 0.282 e. The zero-order valence-electron chi connectivity index (χ0n) is 13.4. The van der Waals surface area contributed by atoms with Crippen LogP contribution in [0.5, 0.6) is 11.5 Å². The summed E-state index contributed by atoms with van der Waals surface area (Å²) in [5.41, 5.74) is 0.891. The molecule has 0 saturated carbocycles. The Bertz CT molecular complexity index is 600. The van der Waals surface area contributed by atoms with E-state index in [1.807, 2.05) is 39.0 Å². The summed E-state index contributed by atoms with van der Waals surface area (Å²) in [7, 11) is -3.44. The second-order valence-corrected chi connectivity index (χ2v) is 6.92. The maximum atomic E-state index is 12.6. The van der Waals surface area contributed by atoms with Crippen molar-refractivity contribution in [1.29, 1.82) is 0 Å². The van der Waals surface area contributed by atoms with Crippen molar-refractivity contribution in [2.24, 2.45) is 0 Å². The summed E-state index contributed by atoms with van der Waals surface area (Å²) in [5, 5.41) is 0. The molecule has 1 aliphatic rings. The topological polar surface area (TPSA) is 59.1 Å². The van der Waals surface area contributed by atoms with E-state index in [1.54, 1.807) is 0 Å². The third kappa shape index (κ3) is 3.53.